The van der Waals surface area contributed by atoms with Crippen molar-refractivity contribution in [3.63, 3.8) is 0 Å². The van der Waals surface area contributed by atoms with Crippen LogP contribution >= 0.6 is 0 Å². The monoisotopic (exact) mass is 196 g/mol. The van der Waals surface area contributed by atoms with E-state index in [1.54, 1.807) is 0 Å². The molecular formula is C9H16N4O. The minimum atomic E-state index is 0.592. The summed E-state index contributed by atoms with van der Waals surface area (Å²) in [6, 6.07) is 0. The van der Waals surface area contributed by atoms with Crippen LogP contribution in [0.3, 0.4) is 0 Å². The highest BCUT2D eigenvalue weighted by atomic mass is 16.5. The van der Waals surface area contributed by atoms with Gasteiger partial charge in [0.1, 0.15) is 0 Å². The summed E-state index contributed by atoms with van der Waals surface area (Å²) in [6.45, 7) is 5.61. The van der Waals surface area contributed by atoms with Gasteiger partial charge in [-0.1, -0.05) is 5.11 Å². The molecule has 5 nitrogen and oxygen atoms in total. The molecule has 0 spiro atoms. The molecule has 2 atom stereocenters. The topological polar surface area (TPSA) is 61.2 Å². The maximum Gasteiger partial charge on any atom is 0.0510 e. The number of likely N-dealkylation sites (tertiary alicyclic amines) is 1. The lowest BCUT2D eigenvalue weighted by Crippen LogP contribution is -2.41. The van der Waals surface area contributed by atoms with Crippen LogP contribution in [0.2, 0.25) is 0 Å². The van der Waals surface area contributed by atoms with E-state index in [-0.39, 0.29) is 0 Å². The van der Waals surface area contributed by atoms with E-state index in [4.69, 9.17) is 10.3 Å². The average Bonchev–Trinajstić information content (AvgIpc) is 2.65. The van der Waals surface area contributed by atoms with Crippen LogP contribution in [0.1, 0.15) is 6.42 Å². The highest BCUT2D eigenvalue weighted by molar-refractivity contribution is 4.83. The van der Waals surface area contributed by atoms with Gasteiger partial charge in [0.05, 0.1) is 6.61 Å². The number of fused-ring (bicyclic) bond motifs is 1. The van der Waals surface area contributed by atoms with Crippen LogP contribution in [-0.2, 0) is 4.74 Å². The van der Waals surface area contributed by atoms with Gasteiger partial charge in [0.25, 0.3) is 0 Å². The summed E-state index contributed by atoms with van der Waals surface area (Å²) in [5.41, 5.74) is 8.17. The largest absolute Gasteiger partial charge is 0.381 e. The van der Waals surface area contributed by atoms with E-state index in [2.05, 4.69) is 14.9 Å². The third-order valence-corrected chi connectivity index (χ3v) is 3.22. The molecule has 0 aliphatic carbocycles. The van der Waals surface area contributed by atoms with Crippen molar-refractivity contribution in [2.75, 3.05) is 39.4 Å². The quantitative estimate of drug-likeness (QED) is 0.387. The van der Waals surface area contributed by atoms with Gasteiger partial charge in [-0.3, -0.25) is 0 Å². The minimum Gasteiger partial charge on any atom is -0.381 e. The van der Waals surface area contributed by atoms with E-state index < -0.39 is 0 Å². The Morgan fingerprint density at radius 1 is 1.43 bits per heavy atom. The first-order valence-corrected chi connectivity index (χ1v) is 5.21. The summed E-state index contributed by atoms with van der Waals surface area (Å²) in [4.78, 5) is 5.14. The lowest BCUT2D eigenvalue weighted by atomic mass is 9.89. The van der Waals surface area contributed by atoms with E-state index in [0.29, 0.717) is 6.54 Å². The normalized spacial score (nSPS) is 32.3. The zero-order chi connectivity index (χ0) is 9.80. The number of rotatable bonds is 3. The maximum atomic E-state index is 8.17. The first-order valence-electron chi connectivity index (χ1n) is 5.21. The first kappa shape index (κ1) is 9.77. The van der Waals surface area contributed by atoms with Gasteiger partial charge < -0.3 is 9.64 Å². The van der Waals surface area contributed by atoms with Crippen molar-refractivity contribution in [1.82, 2.24) is 4.90 Å². The molecule has 0 N–H and O–H groups in total. The van der Waals surface area contributed by atoms with Crippen LogP contribution in [0, 0.1) is 11.8 Å². The van der Waals surface area contributed by atoms with Crippen LogP contribution in [0.25, 0.3) is 10.4 Å². The van der Waals surface area contributed by atoms with E-state index in [1.807, 2.05) is 0 Å². The van der Waals surface area contributed by atoms with Gasteiger partial charge in [0.15, 0.2) is 0 Å². The number of azide groups is 1. The Labute approximate surface area is 83.7 Å². The van der Waals surface area contributed by atoms with Crippen LogP contribution in [0.5, 0.6) is 0 Å². The molecule has 0 bridgehead atoms. The third kappa shape index (κ3) is 2.18. The van der Waals surface area contributed by atoms with E-state index in [1.165, 1.54) is 6.42 Å². The molecule has 2 rings (SSSR count). The molecule has 5 heteroatoms. The summed E-state index contributed by atoms with van der Waals surface area (Å²) in [6.07, 6.45) is 1.24. The molecule has 0 aromatic rings. The highest BCUT2D eigenvalue weighted by Gasteiger charge is 2.33. The second-order valence-corrected chi connectivity index (χ2v) is 4.10. The molecule has 0 unspecified atom stereocenters. The number of nitrogens with zero attached hydrogens (tertiary/aromatic N) is 4. The fraction of sp³-hybridized carbons (Fsp3) is 1.00. The molecule has 0 saturated carbocycles. The molecule has 0 radical (unpaired) electrons. The molecule has 2 heterocycles. The summed E-state index contributed by atoms with van der Waals surface area (Å²) >= 11 is 0. The van der Waals surface area contributed by atoms with E-state index in [9.17, 15) is 0 Å². The molecule has 0 aromatic carbocycles. The number of ether oxygens (including phenoxy) is 1. The fourth-order valence-electron chi connectivity index (χ4n) is 2.37. The molecular weight excluding hydrogens is 180 g/mol. The van der Waals surface area contributed by atoms with E-state index in [0.717, 1.165) is 44.7 Å². The van der Waals surface area contributed by atoms with Crippen molar-refractivity contribution in [3.8, 4) is 0 Å². The zero-order valence-corrected chi connectivity index (χ0v) is 8.30. The van der Waals surface area contributed by atoms with Crippen LogP contribution in [0.4, 0.5) is 0 Å². The summed E-state index contributed by atoms with van der Waals surface area (Å²) in [5.74, 6) is 1.50. The Bertz CT molecular complexity index is 239. The second-order valence-electron chi connectivity index (χ2n) is 4.10. The van der Waals surface area contributed by atoms with Gasteiger partial charge in [-0.2, -0.15) is 0 Å². The van der Waals surface area contributed by atoms with Gasteiger partial charge in [-0.25, -0.2) is 0 Å². The van der Waals surface area contributed by atoms with Crippen molar-refractivity contribution in [2.45, 2.75) is 6.42 Å². The van der Waals surface area contributed by atoms with Crippen LogP contribution < -0.4 is 0 Å². The van der Waals surface area contributed by atoms with Crippen molar-refractivity contribution in [1.29, 1.82) is 0 Å². The minimum absolute atomic E-state index is 0.592. The van der Waals surface area contributed by atoms with Crippen LogP contribution in [-0.4, -0.2) is 44.3 Å². The SMILES string of the molecule is [N-]=[N+]=NCCN1CC[C@H]2COC[C@@H]2C1. The summed E-state index contributed by atoms with van der Waals surface area (Å²) < 4.78 is 5.46. The van der Waals surface area contributed by atoms with Crippen molar-refractivity contribution >= 4 is 0 Å². The molecule has 2 aliphatic rings. The van der Waals surface area contributed by atoms with Gasteiger partial charge in [0.2, 0.25) is 0 Å². The Hall–Kier alpha value is -0.770. The zero-order valence-electron chi connectivity index (χ0n) is 8.30. The molecule has 14 heavy (non-hydrogen) atoms. The van der Waals surface area contributed by atoms with Crippen molar-refractivity contribution in [2.24, 2.45) is 17.0 Å². The Kier molecular flexibility index (Phi) is 3.24. The Balaban J connectivity index is 1.76. The number of hydrogen-bond acceptors (Lipinski definition) is 3. The predicted molar refractivity (Wildman–Crippen MR) is 52.9 cm³/mol. The molecule has 2 fully saturated rings. The summed E-state index contributed by atoms with van der Waals surface area (Å²) in [5, 5.41) is 3.56. The smallest absolute Gasteiger partial charge is 0.0510 e. The summed E-state index contributed by atoms with van der Waals surface area (Å²) in [7, 11) is 0. The third-order valence-electron chi connectivity index (χ3n) is 3.22. The van der Waals surface area contributed by atoms with Crippen molar-refractivity contribution < 1.29 is 4.74 Å². The average molecular weight is 196 g/mol. The number of piperidine rings is 1. The predicted octanol–water partition coefficient (Wildman–Crippen LogP) is 1.27. The van der Waals surface area contributed by atoms with Crippen LogP contribution in [0.15, 0.2) is 5.11 Å². The molecule has 2 aliphatic heterocycles. The number of hydrogen-bond donors (Lipinski definition) is 0. The lowest BCUT2D eigenvalue weighted by molar-refractivity contribution is 0.150. The lowest BCUT2D eigenvalue weighted by Gasteiger charge is -2.33. The highest BCUT2D eigenvalue weighted by Crippen LogP contribution is 2.28. The van der Waals surface area contributed by atoms with Gasteiger partial charge >= 0.3 is 0 Å². The first-order chi connectivity index (χ1) is 6.90. The molecule has 0 amide bonds. The molecule has 0 aromatic heterocycles. The Morgan fingerprint density at radius 2 is 2.29 bits per heavy atom. The maximum absolute atomic E-state index is 8.17. The molecule has 78 valence electrons. The fourth-order valence-corrected chi connectivity index (χ4v) is 2.37. The molecule has 2 saturated heterocycles. The van der Waals surface area contributed by atoms with Crippen molar-refractivity contribution in [3.05, 3.63) is 10.4 Å². The standard InChI is InChI=1S/C9H16N4O/c10-12-11-2-4-13-3-1-8-6-14-7-9(8)5-13/h8-9H,1-7H2/t8-,9-/m0/s1. The van der Waals surface area contributed by atoms with Gasteiger partial charge in [0, 0.05) is 37.1 Å². The van der Waals surface area contributed by atoms with E-state index >= 15 is 0 Å². The Morgan fingerprint density at radius 3 is 3.14 bits per heavy atom. The van der Waals surface area contributed by atoms with Gasteiger partial charge in [-0.15, -0.1) is 0 Å². The second kappa shape index (κ2) is 4.64. The van der Waals surface area contributed by atoms with Gasteiger partial charge in [-0.05, 0) is 24.4 Å².